The zero-order chi connectivity index (χ0) is 33.7. The van der Waals surface area contributed by atoms with Crippen LogP contribution in [0.15, 0.2) is 0 Å². The van der Waals surface area contributed by atoms with Crippen molar-refractivity contribution in [1.82, 2.24) is 10.1 Å². The van der Waals surface area contributed by atoms with Gasteiger partial charge in [-0.05, 0) is 68.2 Å². The molecule has 0 spiro atoms. The number of unbranched alkanes of at least 4 members (excludes halogenated alkanes) is 10. The quantitative estimate of drug-likeness (QED) is 0.0719. The molecule has 0 radical (unpaired) electrons. The minimum atomic E-state index is -0.517. The van der Waals surface area contributed by atoms with Crippen molar-refractivity contribution in [3.05, 3.63) is 0 Å². The molecule has 0 bridgehead atoms. The molecule has 2 aliphatic rings. The van der Waals surface area contributed by atoms with Crippen LogP contribution in [0.3, 0.4) is 0 Å². The summed E-state index contributed by atoms with van der Waals surface area (Å²) in [5, 5.41) is 4.22. The van der Waals surface area contributed by atoms with Gasteiger partial charge in [0.05, 0.1) is 13.2 Å². The zero-order valence-corrected chi connectivity index (χ0v) is 30.9. The molecule has 0 aromatic rings. The number of hydrogen-bond donors (Lipinski definition) is 0. The molecule has 8 nitrogen and oxygen atoms in total. The van der Waals surface area contributed by atoms with Crippen molar-refractivity contribution < 1.29 is 28.7 Å². The summed E-state index contributed by atoms with van der Waals surface area (Å²) >= 11 is 0. The van der Waals surface area contributed by atoms with E-state index in [0.717, 1.165) is 12.8 Å². The molecule has 2 aliphatic heterocycles. The SMILES string of the molecule is C.C.CCCCCCCCON1C(C)(C)CC(OC(=O)CC(=O)OC2CC(C)(C)N(OCCCCCCCC)C(C)(C)C2)CC1(C)C. The predicted octanol–water partition coefficient (Wildman–Crippen LogP) is 10.4. The minimum absolute atomic E-state index is 0. The van der Waals surface area contributed by atoms with E-state index in [-0.39, 0.29) is 55.6 Å². The molecule has 280 valence electrons. The molecule has 47 heavy (non-hydrogen) atoms. The van der Waals surface area contributed by atoms with E-state index in [1.54, 1.807) is 0 Å². The number of hydrogen-bond acceptors (Lipinski definition) is 8. The third-order valence-corrected chi connectivity index (χ3v) is 9.43. The van der Waals surface area contributed by atoms with Crippen LogP contribution in [-0.2, 0) is 28.7 Å². The smallest absolute Gasteiger partial charge is 0.317 e. The standard InChI is InChI=1S/C37H70N2O6.2CH4/c1-11-13-15-17-19-21-23-42-38-34(3,4)26-30(27-35(38,5)6)44-32(40)25-33(41)45-31-28-36(7,8)39(37(9,10)29-31)43-24-22-20-18-16-14-12-2;;/h30-31H,11-29H2,1-10H3;2*1H4. The summed E-state index contributed by atoms with van der Waals surface area (Å²) in [6, 6.07) is 0. The Morgan fingerprint density at radius 1 is 0.511 bits per heavy atom. The van der Waals surface area contributed by atoms with E-state index in [1.165, 1.54) is 64.2 Å². The summed E-state index contributed by atoms with van der Waals surface area (Å²) in [6.07, 6.45) is 16.3. The van der Waals surface area contributed by atoms with Crippen LogP contribution in [0.5, 0.6) is 0 Å². The topological polar surface area (TPSA) is 77.5 Å². The van der Waals surface area contributed by atoms with Crippen molar-refractivity contribution in [1.29, 1.82) is 0 Å². The molecule has 2 saturated heterocycles. The van der Waals surface area contributed by atoms with Crippen LogP contribution < -0.4 is 0 Å². The van der Waals surface area contributed by atoms with Crippen LogP contribution in [-0.4, -0.2) is 69.6 Å². The van der Waals surface area contributed by atoms with Crippen molar-refractivity contribution in [2.75, 3.05) is 13.2 Å². The number of rotatable bonds is 20. The first-order valence-corrected chi connectivity index (χ1v) is 18.3. The molecule has 0 amide bonds. The normalized spacial score (nSPS) is 21.0. The highest BCUT2D eigenvalue weighted by atomic mass is 16.7. The fourth-order valence-corrected chi connectivity index (χ4v) is 7.86. The van der Waals surface area contributed by atoms with Gasteiger partial charge in [0.1, 0.15) is 18.6 Å². The molecule has 0 atom stereocenters. The van der Waals surface area contributed by atoms with Crippen molar-refractivity contribution in [2.24, 2.45) is 0 Å². The lowest BCUT2D eigenvalue weighted by atomic mass is 9.80. The van der Waals surface area contributed by atoms with E-state index < -0.39 is 11.9 Å². The average molecular weight is 671 g/mol. The molecule has 0 aromatic heterocycles. The van der Waals surface area contributed by atoms with E-state index in [1.807, 2.05) is 0 Å². The highest BCUT2D eigenvalue weighted by Crippen LogP contribution is 2.41. The largest absolute Gasteiger partial charge is 0.462 e. The first kappa shape index (κ1) is 45.8. The summed E-state index contributed by atoms with van der Waals surface area (Å²) in [4.78, 5) is 38.5. The van der Waals surface area contributed by atoms with Gasteiger partial charge >= 0.3 is 11.9 Å². The maximum absolute atomic E-state index is 12.9. The highest BCUT2D eigenvalue weighted by Gasteiger charge is 2.49. The molecule has 0 N–H and O–H groups in total. The van der Waals surface area contributed by atoms with Gasteiger partial charge in [0.2, 0.25) is 0 Å². The highest BCUT2D eigenvalue weighted by molar-refractivity contribution is 5.91. The molecule has 8 heteroatoms. The number of carbonyl (C=O) groups excluding carboxylic acids is 2. The molecule has 2 rings (SSSR count). The van der Waals surface area contributed by atoms with Crippen molar-refractivity contribution in [3.8, 4) is 0 Å². The Labute approximate surface area is 291 Å². The first-order valence-electron chi connectivity index (χ1n) is 18.3. The number of ether oxygens (including phenoxy) is 2. The Hall–Kier alpha value is -1.22. The molecule has 0 aromatic carbocycles. The van der Waals surface area contributed by atoms with Crippen LogP contribution in [0.4, 0.5) is 0 Å². The maximum atomic E-state index is 12.9. The van der Waals surface area contributed by atoms with Crippen molar-refractivity contribution in [3.63, 3.8) is 0 Å². The number of piperidine rings is 2. The summed E-state index contributed by atoms with van der Waals surface area (Å²) < 4.78 is 11.8. The van der Waals surface area contributed by atoms with Gasteiger partial charge in [-0.3, -0.25) is 19.3 Å². The second-order valence-electron chi connectivity index (χ2n) is 16.3. The number of carbonyl (C=O) groups is 2. The fourth-order valence-electron chi connectivity index (χ4n) is 7.86. The lowest BCUT2D eigenvalue weighted by molar-refractivity contribution is -0.294. The summed E-state index contributed by atoms with van der Waals surface area (Å²) in [7, 11) is 0. The van der Waals surface area contributed by atoms with Gasteiger partial charge < -0.3 is 9.47 Å². The average Bonchev–Trinajstić information content (AvgIpc) is 2.88. The van der Waals surface area contributed by atoms with Gasteiger partial charge in [0.15, 0.2) is 0 Å². The van der Waals surface area contributed by atoms with Gasteiger partial charge in [0.25, 0.3) is 0 Å². The molecule has 0 unspecified atom stereocenters. The van der Waals surface area contributed by atoms with Crippen LogP contribution >= 0.6 is 0 Å². The Bertz CT molecular complexity index is 781. The van der Waals surface area contributed by atoms with Gasteiger partial charge in [-0.1, -0.05) is 92.9 Å². The van der Waals surface area contributed by atoms with Crippen LogP contribution in [0.1, 0.15) is 193 Å². The monoisotopic (exact) mass is 671 g/mol. The Morgan fingerprint density at radius 2 is 0.787 bits per heavy atom. The van der Waals surface area contributed by atoms with Crippen LogP contribution in [0.2, 0.25) is 0 Å². The lowest BCUT2D eigenvalue weighted by Gasteiger charge is -2.53. The molecule has 2 heterocycles. The van der Waals surface area contributed by atoms with E-state index >= 15 is 0 Å². The van der Waals surface area contributed by atoms with E-state index in [4.69, 9.17) is 19.1 Å². The second-order valence-corrected chi connectivity index (χ2v) is 16.3. The Balaban J connectivity index is 0.0000106. The van der Waals surface area contributed by atoms with E-state index in [0.29, 0.717) is 38.9 Å². The third-order valence-electron chi connectivity index (χ3n) is 9.43. The second kappa shape index (κ2) is 21.1. The molecule has 0 aliphatic carbocycles. The summed E-state index contributed by atoms with van der Waals surface area (Å²) in [6.45, 7) is 23.0. The number of esters is 2. The van der Waals surface area contributed by atoms with Crippen LogP contribution in [0, 0.1) is 0 Å². The Kier molecular flexibility index (Phi) is 20.6. The molecule has 0 saturated carbocycles. The van der Waals surface area contributed by atoms with Gasteiger partial charge in [-0.25, -0.2) is 0 Å². The van der Waals surface area contributed by atoms with Gasteiger partial charge in [0, 0.05) is 47.8 Å². The predicted molar refractivity (Wildman–Crippen MR) is 195 cm³/mol. The third kappa shape index (κ3) is 15.5. The minimum Gasteiger partial charge on any atom is -0.462 e. The van der Waals surface area contributed by atoms with Crippen molar-refractivity contribution >= 4 is 11.9 Å². The van der Waals surface area contributed by atoms with E-state index in [2.05, 4.69) is 79.4 Å². The van der Waals surface area contributed by atoms with Crippen molar-refractivity contribution in [2.45, 2.75) is 228 Å². The number of hydroxylamine groups is 4. The fraction of sp³-hybridized carbons (Fsp3) is 0.949. The summed E-state index contributed by atoms with van der Waals surface area (Å²) in [5.41, 5.74) is -1.23. The number of nitrogens with zero attached hydrogens (tertiary/aromatic N) is 2. The lowest BCUT2D eigenvalue weighted by Crippen LogP contribution is -2.62. The zero-order valence-electron chi connectivity index (χ0n) is 30.9. The van der Waals surface area contributed by atoms with E-state index in [9.17, 15) is 9.59 Å². The summed E-state index contributed by atoms with van der Waals surface area (Å²) in [5.74, 6) is -1.03. The van der Waals surface area contributed by atoms with Gasteiger partial charge in [-0.15, -0.1) is 0 Å². The maximum Gasteiger partial charge on any atom is 0.317 e. The molecule has 2 fully saturated rings. The molecular formula is C39H78N2O6. The van der Waals surface area contributed by atoms with Gasteiger partial charge in [-0.2, -0.15) is 10.1 Å². The first-order chi connectivity index (χ1) is 21.0. The molecular weight excluding hydrogens is 592 g/mol. The Morgan fingerprint density at radius 3 is 1.09 bits per heavy atom. The van der Waals surface area contributed by atoms with Crippen LogP contribution in [0.25, 0.3) is 0 Å².